The molecule has 1 saturated heterocycles. The van der Waals surface area contributed by atoms with Crippen LogP contribution in [0, 0.1) is 17.0 Å². The van der Waals surface area contributed by atoms with Gasteiger partial charge in [0, 0.05) is 12.1 Å². The number of hydrogen-bond acceptors (Lipinski definition) is 5. The molecule has 0 unspecified atom stereocenters. The van der Waals surface area contributed by atoms with Gasteiger partial charge in [-0.05, 0) is 42.8 Å². The number of non-ortho nitro benzene ring substituents is 1. The number of thioether (sulfide) groups is 1. The predicted molar refractivity (Wildman–Crippen MR) is 99.9 cm³/mol. The van der Waals surface area contributed by atoms with Gasteiger partial charge in [-0.1, -0.05) is 41.7 Å². The fraction of sp³-hybridized carbons (Fsp3) is 0.0588. The van der Waals surface area contributed by atoms with Crippen LogP contribution in [0.4, 0.5) is 11.4 Å². The third-order valence-electron chi connectivity index (χ3n) is 3.49. The van der Waals surface area contributed by atoms with Gasteiger partial charge in [-0.2, -0.15) is 0 Å². The van der Waals surface area contributed by atoms with E-state index in [-0.39, 0.29) is 11.6 Å². The highest BCUT2D eigenvalue weighted by Gasteiger charge is 2.33. The Labute approximate surface area is 148 Å². The third kappa shape index (κ3) is 3.22. The van der Waals surface area contributed by atoms with E-state index in [0.717, 1.165) is 11.3 Å². The predicted octanol–water partition coefficient (Wildman–Crippen LogP) is 4.31. The minimum absolute atomic E-state index is 0.0133. The van der Waals surface area contributed by atoms with Gasteiger partial charge in [0.05, 0.1) is 15.5 Å². The van der Waals surface area contributed by atoms with E-state index in [1.807, 2.05) is 31.2 Å². The molecule has 3 rings (SSSR count). The molecule has 2 aromatic rings. The van der Waals surface area contributed by atoms with Crippen molar-refractivity contribution in [3.8, 4) is 0 Å². The Morgan fingerprint density at radius 2 is 1.75 bits per heavy atom. The maximum absolute atomic E-state index is 12.6. The highest BCUT2D eigenvalue weighted by atomic mass is 32.2. The van der Waals surface area contributed by atoms with Crippen LogP contribution in [-0.4, -0.2) is 15.2 Å². The fourth-order valence-corrected chi connectivity index (χ4v) is 3.53. The van der Waals surface area contributed by atoms with Gasteiger partial charge in [0.15, 0.2) is 4.32 Å². The molecular formula is C17H12N2O3S2. The molecule has 0 atom stereocenters. The Bertz CT molecular complexity index is 858. The molecule has 1 heterocycles. The summed E-state index contributed by atoms with van der Waals surface area (Å²) in [6.07, 6.45) is 1.69. The third-order valence-corrected chi connectivity index (χ3v) is 4.79. The second-order valence-corrected chi connectivity index (χ2v) is 6.88. The molecule has 1 amide bonds. The van der Waals surface area contributed by atoms with E-state index in [4.69, 9.17) is 12.2 Å². The van der Waals surface area contributed by atoms with Gasteiger partial charge in [0.2, 0.25) is 0 Å². The van der Waals surface area contributed by atoms with Gasteiger partial charge in [-0.15, -0.1) is 0 Å². The molecule has 1 aliphatic rings. The van der Waals surface area contributed by atoms with Gasteiger partial charge < -0.3 is 0 Å². The SMILES string of the molecule is Cc1ccc(N2C(=O)/C(=C\c3ccc([N+](=O)[O-])cc3)SC2=S)cc1. The molecule has 1 aliphatic heterocycles. The summed E-state index contributed by atoms with van der Waals surface area (Å²) in [6.45, 7) is 1.97. The number of anilines is 1. The van der Waals surface area contributed by atoms with Gasteiger partial charge in [0.25, 0.3) is 11.6 Å². The summed E-state index contributed by atoms with van der Waals surface area (Å²) in [5.74, 6) is -0.188. The fourth-order valence-electron chi connectivity index (χ4n) is 2.23. The van der Waals surface area contributed by atoms with Crippen molar-refractivity contribution in [2.24, 2.45) is 0 Å². The van der Waals surface area contributed by atoms with Gasteiger partial charge in [-0.3, -0.25) is 19.8 Å². The second-order valence-electron chi connectivity index (χ2n) is 5.20. The van der Waals surface area contributed by atoms with E-state index in [2.05, 4.69) is 0 Å². The Morgan fingerprint density at radius 1 is 1.12 bits per heavy atom. The molecule has 0 bridgehead atoms. The standard InChI is InChI=1S/C17H12N2O3S2/c1-11-2-6-13(7-3-11)18-16(20)15(24-17(18)23)10-12-4-8-14(9-5-12)19(21)22/h2-10H,1H3/b15-10+. The van der Waals surface area contributed by atoms with E-state index >= 15 is 0 Å². The van der Waals surface area contributed by atoms with Gasteiger partial charge >= 0.3 is 0 Å². The first-order chi connectivity index (χ1) is 11.5. The molecule has 0 N–H and O–H groups in total. The van der Waals surface area contributed by atoms with E-state index in [1.165, 1.54) is 28.8 Å². The summed E-state index contributed by atoms with van der Waals surface area (Å²) >= 11 is 6.54. The molecule has 2 aromatic carbocycles. The Balaban J connectivity index is 1.87. The lowest BCUT2D eigenvalue weighted by Gasteiger charge is -2.14. The van der Waals surface area contributed by atoms with Crippen LogP contribution < -0.4 is 4.90 Å². The molecule has 5 nitrogen and oxygen atoms in total. The number of nitro benzene ring substituents is 1. The van der Waals surface area contributed by atoms with Crippen molar-refractivity contribution in [3.05, 3.63) is 74.7 Å². The molecule has 7 heteroatoms. The summed E-state index contributed by atoms with van der Waals surface area (Å²) in [7, 11) is 0. The average Bonchev–Trinajstić information content (AvgIpc) is 2.83. The largest absolute Gasteiger partial charge is 0.270 e. The highest BCUT2D eigenvalue weighted by Crippen LogP contribution is 2.36. The number of hydrogen-bond donors (Lipinski definition) is 0. The van der Waals surface area contributed by atoms with Crippen LogP contribution >= 0.6 is 24.0 Å². The summed E-state index contributed by atoms with van der Waals surface area (Å²) in [5.41, 5.74) is 2.56. The number of nitro groups is 1. The van der Waals surface area contributed by atoms with E-state index in [9.17, 15) is 14.9 Å². The summed E-state index contributed by atoms with van der Waals surface area (Å²) < 4.78 is 0.469. The normalized spacial score (nSPS) is 16.0. The molecule has 1 fully saturated rings. The molecule has 0 aromatic heterocycles. The number of benzene rings is 2. The Morgan fingerprint density at radius 3 is 2.33 bits per heavy atom. The zero-order valence-electron chi connectivity index (χ0n) is 12.6. The molecule has 0 radical (unpaired) electrons. The molecular weight excluding hydrogens is 344 g/mol. The van der Waals surface area contributed by atoms with Crippen molar-refractivity contribution >= 4 is 51.7 Å². The first kappa shape index (κ1) is 16.4. The monoisotopic (exact) mass is 356 g/mol. The molecule has 120 valence electrons. The number of amides is 1. The summed E-state index contributed by atoms with van der Waals surface area (Å²) in [6, 6.07) is 13.6. The maximum atomic E-state index is 12.6. The molecule has 24 heavy (non-hydrogen) atoms. The number of rotatable bonds is 3. The minimum Gasteiger partial charge on any atom is -0.268 e. The minimum atomic E-state index is -0.458. The first-order valence-corrected chi connectivity index (χ1v) is 8.27. The van der Waals surface area contributed by atoms with Crippen molar-refractivity contribution in [1.82, 2.24) is 0 Å². The Hall–Kier alpha value is -2.51. The zero-order chi connectivity index (χ0) is 17.3. The lowest BCUT2D eigenvalue weighted by atomic mass is 10.2. The van der Waals surface area contributed by atoms with Crippen LogP contribution in [0.2, 0.25) is 0 Å². The van der Waals surface area contributed by atoms with Crippen LogP contribution in [-0.2, 0) is 4.79 Å². The van der Waals surface area contributed by atoms with Crippen molar-refractivity contribution < 1.29 is 9.72 Å². The van der Waals surface area contributed by atoms with Gasteiger partial charge in [0.1, 0.15) is 0 Å². The Kier molecular flexibility index (Phi) is 4.46. The van der Waals surface area contributed by atoms with Crippen molar-refractivity contribution in [2.45, 2.75) is 6.92 Å². The van der Waals surface area contributed by atoms with Crippen molar-refractivity contribution in [1.29, 1.82) is 0 Å². The quantitative estimate of drug-likeness (QED) is 0.355. The van der Waals surface area contributed by atoms with Crippen LogP contribution in [0.5, 0.6) is 0 Å². The number of nitrogens with zero attached hydrogens (tertiary/aromatic N) is 2. The maximum Gasteiger partial charge on any atom is 0.270 e. The number of carbonyl (C=O) groups excluding carboxylic acids is 1. The number of carbonyl (C=O) groups is 1. The lowest BCUT2D eigenvalue weighted by Crippen LogP contribution is -2.27. The number of aryl methyl sites for hydroxylation is 1. The van der Waals surface area contributed by atoms with Crippen LogP contribution in [0.15, 0.2) is 53.4 Å². The summed E-state index contributed by atoms with van der Waals surface area (Å²) in [5, 5.41) is 10.7. The van der Waals surface area contributed by atoms with Gasteiger partial charge in [-0.25, -0.2) is 0 Å². The molecule has 0 aliphatic carbocycles. The zero-order valence-corrected chi connectivity index (χ0v) is 14.3. The van der Waals surface area contributed by atoms with E-state index in [1.54, 1.807) is 18.2 Å². The van der Waals surface area contributed by atoms with E-state index < -0.39 is 4.92 Å². The second kappa shape index (κ2) is 6.54. The van der Waals surface area contributed by atoms with Crippen LogP contribution in [0.3, 0.4) is 0 Å². The van der Waals surface area contributed by atoms with Crippen molar-refractivity contribution in [3.63, 3.8) is 0 Å². The lowest BCUT2D eigenvalue weighted by molar-refractivity contribution is -0.384. The van der Waals surface area contributed by atoms with E-state index in [0.29, 0.717) is 14.8 Å². The summed E-state index contributed by atoms with van der Waals surface area (Å²) in [4.78, 5) is 24.8. The smallest absolute Gasteiger partial charge is 0.268 e. The topological polar surface area (TPSA) is 63.5 Å². The van der Waals surface area contributed by atoms with Crippen molar-refractivity contribution in [2.75, 3.05) is 4.90 Å². The molecule has 0 spiro atoms. The highest BCUT2D eigenvalue weighted by molar-refractivity contribution is 8.27. The first-order valence-electron chi connectivity index (χ1n) is 7.05. The average molecular weight is 356 g/mol. The van der Waals surface area contributed by atoms with Crippen LogP contribution in [0.25, 0.3) is 6.08 Å². The molecule has 0 saturated carbocycles. The number of thiocarbonyl (C=S) groups is 1. The van der Waals surface area contributed by atoms with Crippen LogP contribution in [0.1, 0.15) is 11.1 Å².